The van der Waals surface area contributed by atoms with Gasteiger partial charge in [0.2, 0.25) is 0 Å². The van der Waals surface area contributed by atoms with Crippen molar-refractivity contribution >= 4 is 0 Å². The minimum Gasteiger partial charge on any atom is -0.388 e. The third-order valence-electron chi connectivity index (χ3n) is 4.49. The second kappa shape index (κ2) is 3.37. The van der Waals surface area contributed by atoms with Gasteiger partial charge in [0.15, 0.2) is 0 Å². The van der Waals surface area contributed by atoms with Crippen LogP contribution in [0.2, 0.25) is 0 Å². The summed E-state index contributed by atoms with van der Waals surface area (Å²) in [5, 5.41) is 10.2. The first-order valence-electron chi connectivity index (χ1n) is 6.21. The second-order valence-electron chi connectivity index (χ2n) is 5.45. The summed E-state index contributed by atoms with van der Waals surface area (Å²) in [6.07, 6.45) is 11.3. The third-order valence-corrected chi connectivity index (χ3v) is 4.49. The Morgan fingerprint density at radius 1 is 1.21 bits per heavy atom. The van der Waals surface area contributed by atoms with Gasteiger partial charge < -0.3 is 5.11 Å². The Kier molecular flexibility index (Phi) is 2.16. The van der Waals surface area contributed by atoms with E-state index in [2.05, 4.69) is 6.08 Å². The van der Waals surface area contributed by atoms with Crippen molar-refractivity contribution in [2.45, 2.75) is 51.0 Å². The smallest absolute Gasteiger partial charge is 0.0778 e. The van der Waals surface area contributed by atoms with Crippen LogP contribution >= 0.6 is 0 Å². The van der Waals surface area contributed by atoms with E-state index in [1.807, 2.05) is 0 Å². The van der Waals surface area contributed by atoms with Crippen molar-refractivity contribution in [1.29, 1.82) is 0 Å². The fourth-order valence-electron chi connectivity index (χ4n) is 3.44. The van der Waals surface area contributed by atoms with Crippen LogP contribution < -0.4 is 0 Å². The van der Waals surface area contributed by atoms with E-state index in [1.54, 1.807) is 0 Å². The Morgan fingerprint density at radius 3 is 2.86 bits per heavy atom. The summed E-state index contributed by atoms with van der Waals surface area (Å²) in [5.41, 5.74) is 1.36. The maximum Gasteiger partial charge on any atom is 0.0778 e. The maximum absolute atomic E-state index is 10.2. The van der Waals surface area contributed by atoms with Crippen LogP contribution in [0.5, 0.6) is 0 Å². The third kappa shape index (κ3) is 1.52. The summed E-state index contributed by atoms with van der Waals surface area (Å²) in [6, 6.07) is 0. The molecule has 4 atom stereocenters. The fraction of sp³-hybridized carbons (Fsp3) is 0.846. The predicted molar refractivity (Wildman–Crippen MR) is 56.9 cm³/mol. The standard InChI is InChI=1S/C13H20O/c14-13(9-3-1-2-4-9)11-6-5-10-7-12(10)8-11/h3,10-14H,1-2,4-8H2. The number of aliphatic hydroxyl groups is 1. The van der Waals surface area contributed by atoms with Gasteiger partial charge in [-0.15, -0.1) is 0 Å². The quantitative estimate of drug-likeness (QED) is 0.667. The minimum atomic E-state index is -0.0842. The molecule has 2 saturated carbocycles. The van der Waals surface area contributed by atoms with Crippen LogP contribution in [-0.4, -0.2) is 11.2 Å². The van der Waals surface area contributed by atoms with Crippen molar-refractivity contribution in [3.63, 3.8) is 0 Å². The van der Waals surface area contributed by atoms with Crippen molar-refractivity contribution in [2.24, 2.45) is 17.8 Å². The molecule has 78 valence electrons. The summed E-state index contributed by atoms with van der Waals surface area (Å²) in [7, 11) is 0. The van der Waals surface area contributed by atoms with Crippen molar-refractivity contribution in [3.05, 3.63) is 11.6 Å². The van der Waals surface area contributed by atoms with Crippen LogP contribution in [0.15, 0.2) is 11.6 Å². The summed E-state index contributed by atoms with van der Waals surface area (Å²) in [4.78, 5) is 0. The Morgan fingerprint density at radius 2 is 2.14 bits per heavy atom. The number of aliphatic hydroxyl groups excluding tert-OH is 1. The van der Waals surface area contributed by atoms with E-state index in [9.17, 15) is 5.11 Å². The molecule has 0 saturated heterocycles. The van der Waals surface area contributed by atoms with E-state index >= 15 is 0 Å². The molecule has 0 aromatic heterocycles. The Hall–Kier alpha value is -0.300. The Bertz CT molecular complexity index is 256. The maximum atomic E-state index is 10.2. The average molecular weight is 192 g/mol. The number of hydrogen-bond acceptors (Lipinski definition) is 1. The largest absolute Gasteiger partial charge is 0.388 e. The molecule has 1 N–H and O–H groups in total. The lowest BCUT2D eigenvalue weighted by Crippen LogP contribution is -2.25. The predicted octanol–water partition coefficient (Wildman–Crippen LogP) is 2.89. The fourth-order valence-corrected chi connectivity index (χ4v) is 3.44. The highest BCUT2D eigenvalue weighted by atomic mass is 16.3. The lowest BCUT2D eigenvalue weighted by molar-refractivity contribution is 0.110. The van der Waals surface area contributed by atoms with Crippen LogP contribution in [0.1, 0.15) is 44.9 Å². The molecule has 0 aliphatic heterocycles. The van der Waals surface area contributed by atoms with Crippen LogP contribution in [0.25, 0.3) is 0 Å². The van der Waals surface area contributed by atoms with Gasteiger partial charge in [-0.25, -0.2) is 0 Å². The molecule has 0 amide bonds. The van der Waals surface area contributed by atoms with Gasteiger partial charge in [-0.1, -0.05) is 6.08 Å². The van der Waals surface area contributed by atoms with E-state index in [1.165, 1.54) is 44.1 Å². The van der Waals surface area contributed by atoms with Crippen LogP contribution in [0, 0.1) is 17.8 Å². The zero-order chi connectivity index (χ0) is 9.54. The average Bonchev–Trinajstić information content (AvgIpc) is 2.78. The molecule has 4 unspecified atom stereocenters. The Balaban J connectivity index is 1.63. The molecular weight excluding hydrogens is 172 g/mol. The van der Waals surface area contributed by atoms with Crippen molar-refractivity contribution in [1.82, 2.24) is 0 Å². The van der Waals surface area contributed by atoms with E-state index in [-0.39, 0.29) is 6.10 Å². The van der Waals surface area contributed by atoms with E-state index in [0.29, 0.717) is 5.92 Å². The second-order valence-corrected chi connectivity index (χ2v) is 5.45. The van der Waals surface area contributed by atoms with Gasteiger partial charge in [-0.3, -0.25) is 0 Å². The summed E-state index contributed by atoms with van der Waals surface area (Å²) < 4.78 is 0. The minimum absolute atomic E-state index is 0.0842. The topological polar surface area (TPSA) is 20.2 Å². The molecule has 3 rings (SSSR count). The highest BCUT2D eigenvalue weighted by molar-refractivity contribution is 5.15. The SMILES string of the molecule is OC(C1=CCCC1)C1CCC2CC2C1. The zero-order valence-corrected chi connectivity index (χ0v) is 8.78. The molecule has 0 radical (unpaired) electrons. The van der Waals surface area contributed by atoms with Gasteiger partial charge >= 0.3 is 0 Å². The molecule has 0 spiro atoms. The molecule has 2 fully saturated rings. The summed E-state index contributed by atoms with van der Waals surface area (Å²) >= 11 is 0. The first kappa shape index (κ1) is 8.96. The van der Waals surface area contributed by atoms with E-state index in [0.717, 1.165) is 18.3 Å². The molecule has 0 aromatic carbocycles. The number of allylic oxidation sites excluding steroid dienone is 1. The van der Waals surface area contributed by atoms with E-state index in [4.69, 9.17) is 0 Å². The van der Waals surface area contributed by atoms with Crippen molar-refractivity contribution in [2.75, 3.05) is 0 Å². The highest BCUT2D eigenvalue weighted by Crippen LogP contribution is 2.52. The molecule has 1 nitrogen and oxygen atoms in total. The molecule has 3 aliphatic carbocycles. The lowest BCUT2D eigenvalue weighted by Gasteiger charge is -2.27. The first-order chi connectivity index (χ1) is 6.84. The van der Waals surface area contributed by atoms with Gasteiger partial charge in [0.05, 0.1) is 6.10 Å². The molecule has 3 aliphatic rings. The molecule has 1 heteroatoms. The molecule has 0 heterocycles. The van der Waals surface area contributed by atoms with E-state index < -0.39 is 0 Å². The molecule has 0 aromatic rings. The normalized spacial score (nSPS) is 42.9. The van der Waals surface area contributed by atoms with Crippen LogP contribution in [-0.2, 0) is 0 Å². The van der Waals surface area contributed by atoms with Gasteiger partial charge in [0.25, 0.3) is 0 Å². The molecule has 14 heavy (non-hydrogen) atoms. The first-order valence-corrected chi connectivity index (χ1v) is 6.21. The van der Waals surface area contributed by atoms with Gasteiger partial charge in [0.1, 0.15) is 0 Å². The monoisotopic (exact) mass is 192 g/mol. The van der Waals surface area contributed by atoms with Crippen LogP contribution in [0.3, 0.4) is 0 Å². The number of hydrogen-bond donors (Lipinski definition) is 1. The number of rotatable bonds is 2. The molecular formula is C13H20O. The van der Waals surface area contributed by atoms with Gasteiger partial charge in [0, 0.05) is 0 Å². The van der Waals surface area contributed by atoms with Crippen molar-refractivity contribution in [3.8, 4) is 0 Å². The highest BCUT2D eigenvalue weighted by Gasteiger charge is 2.44. The van der Waals surface area contributed by atoms with Gasteiger partial charge in [-0.2, -0.15) is 0 Å². The molecule has 0 bridgehead atoms. The number of fused-ring (bicyclic) bond motifs is 1. The summed E-state index contributed by atoms with van der Waals surface area (Å²) in [6.45, 7) is 0. The van der Waals surface area contributed by atoms with Crippen LogP contribution in [0.4, 0.5) is 0 Å². The lowest BCUT2D eigenvalue weighted by atomic mass is 9.82. The summed E-state index contributed by atoms with van der Waals surface area (Å²) in [5.74, 6) is 2.64. The van der Waals surface area contributed by atoms with Gasteiger partial charge in [-0.05, 0) is 68.3 Å². The van der Waals surface area contributed by atoms with Crippen molar-refractivity contribution < 1.29 is 5.11 Å². The Labute approximate surface area is 86.2 Å². The zero-order valence-electron chi connectivity index (χ0n) is 8.78.